The Kier molecular flexibility index (Phi) is 49.9. The van der Waals surface area contributed by atoms with Gasteiger partial charge in [0.15, 0.2) is 6.10 Å². The smallest absolute Gasteiger partial charge is 0.306 e. The Hall–Kier alpha value is -3.15. The summed E-state index contributed by atoms with van der Waals surface area (Å²) >= 11 is 0. The van der Waals surface area contributed by atoms with Gasteiger partial charge in [0.1, 0.15) is 13.2 Å². The zero-order valence-electron chi connectivity index (χ0n) is 42.0. The lowest BCUT2D eigenvalue weighted by Gasteiger charge is -2.18. The van der Waals surface area contributed by atoms with Crippen LogP contribution in [0, 0.1) is 0 Å². The number of hydrogen-bond donors (Lipinski definition) is 0. The highest BCUT2D eigenvalue weighted by atomic mass is 16.6. The van der Waals surface area contributed by atoms with Gasteiger partial charge in [-0.1, -0.05) is 222 Å². The van der Waals surface area contributed by atoms with Crippen molar-refractivity contribution in [1.82, 2.24) is 0 Å². The first-order valence-corrected chi connectivity index (χ1v) is 26.9. The van der Waals surface area contributed by atoms with Gasteiger partial charge >= 0.3 is 17.9 Å². The van der Waals surface area contributed by atoms with Crippen LogP contribution in [-0.4, -0.2) is 37.2 Å². The zero-order chi connectivity index (χ0) is 46.5. The van der Waals surface area contributed by atoms with Gasteiger partial charge in [-0.15, -0.1) is 0 Å². The lowest BCUT2D eigenvalue weighted by Crippen LogP contribution is -2.30. The molecule has 1 atom stereocenters. The summed E-state index contributed by atoms with van der Waals surface area (Å²) in [4.78, 5) is 37.7. The van der Waals surface area contributed by atoms with E-state index in [1.165, 1.54) is 109 Å². The van der Waals surface area contributed by atoms with E-state index in [1.54, 1.807) is 0 Å². The van der Waals surface area contributed by atoms with E-state index in [9.17, 15) is 14.4 Å². The van der Waals surface area contributed by atoms with Gasteiger partial charge in [0.05, 0.1) is 0 Å². The lowest BCUT2D eigenvalue weighted by atomic mass is 10.0. The fourth-order valence-corrected chi connectivity index (χ4v) is 7.40. The van der Waals surface area contributed by atoms with E-state index in [4.69, 9.17) is 14.2 Å². The number of ether oxygens (including phenoxy) is 3. The number of carbonyl (C=O) groups excluding carboxylic acids is 3. The minimum atomic E-state index is -0.775. The van der Waals surface area contributed by atoms with Gasteiger partial charge in [-0.05, 0) is 89.9 Å². The maximum Gasteiger partial charge on any atom is 0.306 e. The number of unbranched alkanes of at least 4 members (excludes halogenated alkanes) is 25. The molecule has 0 heterocycles. The minimum absolute atomic E-state index is 0.0792. The van der Waals surface area contributed by atoms with E-state index in [0.29, 0.717) is 19.3 Å². The van der Waals surface area contributed by atoms with E-state index in [-0.39, 0.29) is 31.1 Å². The van der Waals surface area contributed by atoms with Crippen molar-refractivity contribution in [2.24, 2.45) is 0 Å². The van der Waals surface area contributed by atoms with Crippen LogP contribution in [0.3, 0.4) is 0 Å². The van der Waals surface area contributed by atoms with Crippen molar-refractivity contribution in [3.05, 3.63) is 72.9 Å². The second kappa shape index (κ2) is 52.5. The first-order valence-electron chi connectivity index (χ1n) is 26.9. The molecule has 0 fully saturated rings. The molecule has 0 aliphatic carbocycles. The van der Waals surface area contributed by atoms with Crippen molar-refractivity contribution < 1.29 is 28.6 Å². The van der Waals surface area contributed by atoms with Crippen LogP contribution in [0.1, 0.15) is 258 Å². The molecule has 0 aromatic rings. The van der Waals surface area contributed by atoms with Crippen molar-refractivity contribution in [1.29, 1.82) is 0 Å². The predicted octanol–water partition coefficient (Wildman–Crippen LogP) is 17.8. The van der Waals surface area contributed by atoms with E-state index in [2.05, 4.69) is 93.7 Å². The highest BCUT2D eigenvalue weighted by Gasteiger charge is 2.19. The minimum Gasteiger partial charge on any atom is -0.462 e. The van der Waals surface area contributed by atoms with Crippen LogP contribution in [-0.2, 0) is 28.6 Å². The predicted molar refractivity (Wildman–Crippen MR) is 274 cm³/mol. The van der Waals surface area contributed by atoms with E-state index in [1.807, 2.05) is 0 Å². The summed E-state index contributed by atoms with van der Waals surface area (Å²) in [7, 11) is 0. The van der Waals surface area contributed by atoms with Gasteiger partial charge < -0.3 is 14.2 Å². The molecule has 0 aliphatic heterocycles. The maximum atomic E-state index is 12.7. The average molecular weight is 893 g/mol. The van der Waals surface area contributed by atoms with E-state index >= 15 is 0 Å². The monoisotopic (exact) mass is 893 g/mol. The topological polar surface area (TPSA) is 78.9 Å². The van der Waals surface area contributed by atoms with Crippen LogP contribution in [0.4, 0.5) is 0 Å². The molecular weight excluding hydrogens is 793 g/mol. The first kappa shape index (κ1) is 60.9. The molecule has 0 radical (unpaired) electrons. The molecule has 0 spiro atoms. The summed E-state index contributed by atoms with van der Waals surface area (Å²) < 4.78 is 16.7. The fraction of sp³-hybridized carbons (Fsp3) is 0.741. The number of carbonyl (C=O) groups is 3. The average Bonchev–Trinajstić information content (AvgIpc) is 3.29. The van der Waals surface area contributed by atoms with Crippen LogP contribution in [0.15, 0.2) is 72.9 Å². The van der Waals surface area contributed by atoms with Crippen LogP contribution in [0.2, 0.25) is 0 Å². The van der Waals surface area contributed by atoms with E-state index < -0.39 is 6.10 Å². The molecule has 0 amide bonds. The molecule has 0 saturated carbocycles. The second-order valence-electron chi connectivity index (χ2n) is 17.8. The Morgan fingerprint density at radius 1 is 0.328 bits per heavy atom. The Morgan fingerprint density at radius 2 is 0.609 bits per heavy atom. The van der Waals surface area contributed by atoms with Gasteiger partial charge in [0.2, 0.25) is 0 Å². The summed E-state index contributed by atoms with van der Waals surface area (Å²) in [5.74, 6) is -0.902. The third-order valence-electron chi connectivity index (χ3n) is 11.4. The Morgan fingerprint density at radius 3 is 0.969 bits per heavy atom. The van der Waals surface area contributed by atoms with Crippen molar-refractivity contribution in [2.75, 3.05) is 13.2 Å². The second-order valence-corrected chi connectivity index (χ2v) is 17.8. The Bertz CT molecular complexity index is 1210. The largest absolute Gasteiger partial charge is 0.462 e. The number of esters is 3. The maximum absolute atomic E-state index is 12.7. The molecule has 0 saturated heterocycles. The Labute approximate surface area is 395 Å². The highest BCUT2D eigenvalue weighted by Crippen LogP contribution is 2.15. The third kappa shape index (κ3) is 49.9. The molecule has 0 aromatic carbocycles. The molecule has 0 rings (SSSR count). The van der Waals surface area contributed by atoms with Crippen LogP contribution in [0.5, 0.6) is 0 Å². The van der Waals surface area contributed by atoms with Crippen molar-refractivity contribution in [3.63, 3.8) is 0 Å². The molecule has 0 aromatic heterocycles. The SMILES string of the molecule is CC/C=C\C/C=C\C/C=C\C/C=C\C/C=C\CCCCCCCCCCCCCC(=O)OCC(COC(=O)CCCCCCC)OC(=O)CCCCCCC/C=C\CCCCCCC. The number of hydrogen-bond acceptors (Lipinski definition) is 6. The summed E-state index contributed by atoms with van der Waals surface area (Å²) in [5, 5.41) is 0. The lowest BCUT2D eigenvalue weighted by molar-refractivity contribution is -0.167. The van der Waals surface area contributed by atoms with Crippen molar-refractivity contribution in [3.8, 4) is 0 Å². The number of rotatable bonds is 48. The fourth-order valence-electron chi connectivity index (χ4n) is 7.40. The van der Waals surface area contributed by atoms with Gasteiger partial charge in [-0.2, -0.15) is 0 Å². The zero-order valence-corrected chi connectivity index (χ0v) is 42.0. The molecule has 64 heavy (non-hydrogen) atoms. The molecule has 6 heteroatoms. The van der Waals surface area contributed by atoms with Crippen LogP contribution < -0.4 is 0 Å². The van der Waals surface area contributed by atoms with Gasteiger partial charge in [-0.25, -0.2) is 0 Å². The Balaban J connectivity index is 4.07. The molecule has 0 aliphatic rings. The summed E-state index contributed by atoms with van der Waals surface area (Å²) in [6.07, 6.45) is 66.5. The van der Waals surface area contributed by atoms with Gasteiger partial charge in [0.25, 0.3) is 0 Å². The first-order chi connectivity index (χ1) is 31.5. The molecule has 0 bridgehead atoms. The molecule has 1 unspecified atom stereocenters. The summed E-state index contributed by atoms with van der Waals surface area (Å²) in [6, 6.07) is 0. The molecular formula is C58H100O6. The highest BCUT2D eigenvalue weighted by molar-refractivity contribution is 5.71. The molecule has 368 valence electrons. The van der Waals surface area contributed by atoms with Crippen LogP contribution >= 0.6 is 0 Å². The van der Waals surface area contributed by atoms with Gasteiger partial charge in [-0.3, -0.25) is 14.4 Å². The van der Waals surface area contributed by atoms with Crippen molar-refractivity contribution >= 4 is 17.9 Å². The van der Waals surface area contributed by atoms with Gasteiger partial charge in [0, 0.05) is 19.3 Å². The number of allylic oxidation sites excluding steroid dienone is 12. The normalized spacial score (nSPS) is 12.6. The van der Waals surface area contributed by atoms with E-state index in [0.717, 1.165) is 109 Å². The quantitative estimate of drug-likeness (QED) is 0.0262. The van der Waals surface area contributed by atoms with Crippen molar-refractivity contribution in [2.45, 2.75) is 264 Å². The third-order valence-corrected chi connectivity index (χ3v) is 11.4. The summed E-state index contributed by atoms with van der Waals surface area (Å²) in [5.41, 5.74) is 0. The summed E-state index contributed by atoms with van der Waals surface area (Å²) in [6.45, 7) is 6.43. The standard InChI is InChI=1S/C58H100O6/c1-4-7-10-13-15-17-19-21-23-24-25-26-27-28-29-30-31-32-33-34-35-37-38-40-42-45-48-51-57(60)63-54-55(53-62-56(59)50-47-44-12-9-6-3)64-58(61)52-49-46-43-41-39-36-22-20-18-16-14-11-8-5-2/h7,10,15,17,20-23,25-26,28-29,55H,4-6,8-9,11-14,16,18-19,24,27,30-54H2,1-3H3/b10-7-,17-15-,22-20-,23-21-,26-25-,29-28-. The molecule has 0 N–H and O–H groups in total. The molecule has 6 nitrogen and oxygen atoms in total. The van der Waals surface area contributed by atoms with Crippen LogP contribution in [0.25, 0.3) is 0 Å².